The molecule has 9 heteroatoms. The smallest absolute Gasteiger partial charge is 0.319 e. The molecule has 2 atom stereocenters. The lowest BCUT2D eigenvalue weighted by Crippen LogP contribution is -2.55. The van der Waals surface area contributed by atoms with Gasteiger partial charge in [-0.25, -0.2) is 0 Å². The van der Waals surface area contributed by atoms with Crippen molar-refractivity contribution in [3.63, 3.8) is 0 Å². The van der Waals surface area contributed by atoms with Crippen molar-refractivity contribution >= 4 is 22.8 Å². The predicted molar refractivity (Wildman–Crippen MR) is 159 cm³/mol. The molecule has 0 N–H and O–H groups in total. The number of rotatable bonds is 7. The van der Waals surface area contributed by atoms with E-state index in [1.807, 2.05) is 6.20 Å². The molecule has 1 aliphatic carbocycles. The first kappa shape index (κ1) is 27.2. The maximum absolute atomic E-state index is 12.5. The van der Waals surface area contributed by atoms with Crippen LogP contribution in [0.5, 0.6) is 6.01 Å². The summed E-state index contributed by atoms with van der Waals surface area (Å²) in [6.45, 7) is 6.74. The molecular weight excluding hydrogens is 514 g/mol. The fourth-order valence-electron chi connectivity index (χ4n) is 6.56. The highest BCUT2D eigenvalue weighted by molar-refractivity contribution is 5.90. The predicted octanol–water partition coefficient (Wildman–Crippen LogP) is 4.16. The summed E-state index contributed by atoms with van der Waals surface area (Å²) in [6, 6.07) is 11.3. The Bertz CT molecular complexity index is 1500. The third kappa shape index (κ3) is 5.49. The molecule has 6 rings (SSSR count). The SMILES string of the molecule is C=CC(=O)N1CCN(c2nc(OC[C@@H]3CCCN3C)nc3cc(-c4cccc5c4CCCC5)cnc23)C[C@@H]1CC#N. The maximum Gasteiger partial charge on any atom is 0.319 e. The second-order valence-corrected chi connectivity index (χ2v) is 11.4. The molecule has 4 heterocycles. The monoisotopic (exact) mass is 551 g/mol. The lowest BCUT2D eigenvalue weighted by atomic mass is 9.86. The number of nitriles is 1. The van der Waals surface area contributed by atoms with Gasteiger partial charge in [-0.3, -0.25) is 9.78 Å². The molecule has 2 aliphatic heterocycles. The van der Waals surface area contributed by atoms with Crippen LogP contribution in [-0.2, 0) is 17.6 Å². The third-order valence-corrected chi connectivity index (χ3v) is 8.85. The summed E-state index contributed by atoms with van der Waals surface area (Å²) < 4.78 is 6.24. The second-order valence-electron chi connectivity index (χ2n) is 11.4. The first-order valence-electron chi connectivity index (χ1n) is 14.7. The van der Waals surface area contributed by atoms with Crippen LogP contribution in [0.25, 0.3) is 22.2 Å². The Morgan fingerprint density at radius 3 is 2.85 bits per heavy atom. The van der Waals surface area contributed by atoms with E-state index >= 15 is 0 Å². The van der Waals surface area contributed by atoms with Gasteiger partial charge in [0.15, 0.2) is 5.82 Å². The molecule has 41 heavy (non-hydrogen) atoms. The number of anilines is 1. The Morgan fingerprint density at radius 2 is 2.05 bits per heavy atom. The Kier molecular flexibility index (Phi) is 7.84. The number of piperazine rings is 1. The van der Waals surface area contributed by atoms with E-state index in [9.17, 15) is 10.1 Å². The van der Waals surface area contributed by atoms with Crippen LogP contribution in [-0.4, -0.2) is 82.6 Å². The molecule has 2 aromatic heterocycles. The zero-order valence-corrected chi connectivity index (χ0v) is 23.8. The molecule has 1 aromatic carbocycles. The van der Waals surface area contributed by atoms with Gasteiger partial charge in [-0.2, -0.15) is 15.2 Å². The van der Waals surface area contributed by atoms with Crippen LogP contribution in [0.4, 0.5) is 5.82 Å². The number of carbonyl (C=O) groups is 1. The Morgan fingerprint density at radius 1 is 1.17 bits per heavy atom. The minimum atomic E-state index is -0.268. The summed E-state index contributed by atoms with van der Waals surface area (Å²) in [4.78, 5) is 33.3. The van der Waals surface area contributed by atoms with Gasteiger partial charge in [-0.15, -0.1) is 0 Å². The lowest BCUT2D eigenvalue weighted by molar-refractivity contribution is -0.128. The van der Waals surface area contributed by atoms with E-state index in [1.165, 1.54) is 35.6 Å². The van der Waals surface area contributed by atoms with Crippen LogP contribution in [0.3, 0.4) is 0 Å². The molecule has 3 aromatic rings. The minimum Gasteiger partial charge on any atom is -0.462 e. The van der Waals surface area contributed by atoms with Crippen molar-refractivity contribution in [1.29, 1.82) is 5.26 Å². The number of nitrogens with zero attached hydrogens (tertiary/aromatic N) is 7. The molecule has 2 fully saturated rings. The molecule has 0 saturated carbocycles. The van der Waals surface area contributed by atoms with E-state index in [-0.39, 0.29) is 18.4 Å². The summed E-state index contributed by atoms with van der Waals surface area (Å²) in [5, 5.41) is 9.49. The molecule has 0 radical (unpaired) electrons. The van der Waals surface area contributed by atoms with E-state index < -0.39 is 0 Å². The van der Waals surface area contributed by atoms with Crippen molar-refractivity contribution in [2.75, 3.05) is 44.7 Å². The Balaban J connectivity index is 1.38. The first-order valence-corrected chi connectivity index (χ1v) is 14.7. The average molecular weight is 552 g/mol. The topological polar surface area (TPSA) is 98.5 Å². The normalized spacial score (nSPS) is 21.0. The fraction of sp³-hybridized carbons (Fsp3) is 0.469. The number of benzene rings is 1. The number of hydrogen-bond acceptors (Lipinski definition) is 8. The number of pyridine rings is 1. The van der Waals surface area contributed by atoms with Crippen LogP contribution in [0.15, 0.2) is 43.1 Å². The number of carbonyl (C=O) groups excluding carboxylic acids is 1. The van der Waals surface area contributed by atoms with Crippen LogP contribution < -0.4 is 9.64 Å². The molecule has 0 spiro atoms. The van der Waals surface area contributed by atoms with Gasteiger partial charge >= 0.3 is 6.01 Å². The van der Waals surface area contributed by atoms with Crippen molar-refractivity contribution in [2.24, 2.45) is 0 Å². The van der Waals surface area contributed by atoms with E-state index in [1.54, 1.807) is 4.90 Å². The summed E-state index contributed by atoms with van der Waals surface area (Å²) in [5.74, 6) is 0.524. The molecular formula is C32H37N7O2. The molecule has 0 bridgehead atoms. The van der Waals surface area contributed by atoms with Gasteiger partial charge in [0.05, 0.1) is 24.0 Å². The summed E-state index contributed by atoms with van der Waals surface area (Å²) in [5.41, 5.74) is 6.54. The molecule has 212 valence electrons. The molecule has 1 amide bonds. The number of aromatic nitrogens is 3. The maximum atomic E-state index is 12.5. The molecule has 2 saturated heterocycles. The third-order valence-electron chi connectivity index (χ3n) is 8.85. The highest BCUT2D eigenvalue weighted by Crippen LogP contribution is 2.34. The van der Waals surface area contributed by atoms with Gasteiger partial charge in [0.1, 0.15) is 12.1 Å². The van der Waals surface area contributed by atoms with Gasteiger partial charge in [-0.1, -0.05) is 24.8 Å². The fourth-order valence-corrected chi connectivity index (χ4v) is 6.56. The number of likely N-dealkylation sites (N-methyl/N-ethyl adjacent to an activating group) is 1. The van der Waals surface area contributed by atoms with Crippen molar-refractivity contribution in [1.82, 2.24) is 24.8 Å². The second kappa shape index (κ2) is 11.8. The van der Waals surface area contributed by atoms with Gasteiger partial charge < -0.3 is 19.4 Å². The average Bonchev–Trinajstić information content (AvgIpc) is 3.43. The van der Waals surface area contributed by atoms with Gasteiger partial charge in [0.2, 0.25) is 5.91 Å². The van der Waals surface area contributed by atoms with E-state index in [4.69, 9.17) is 19.7 Å². The molecule has 9 nitrogen and oxygen atoms in total. The number of likely N-dealkylation sites (tertiary alicyclic amines) is 1. The number of aryl methyl sites for hydroxylation is 1. The highest BCUT2D eigenvalue weighted by atomic mass is 16.5. The summed E-state index contributed by atoms with van der Waals surface area (Å²) >= 11 is 0. The van der Waals surface area contributed by atoms with E-state index in [2.05, 4.69) is 53.8 Å². The van der Waals surface area contributed by atoms with Gasteiger partial charge in [0, 0.05) is 37.4 Å². The number of ether oxygens (including phenoxy) is 1. The van der Waals surface area contributed by atoms with E-state index in [0.717, 1.165) is 43.3 Å². The van der Waals surface area contributed by atoms with Gasteiger partial charge in [0.25, 0.3) is 0 Å². The van der Waals surface area contributed by atoms with Crippen molar-refractivity contribution in [2.45, 2.75) is 57.0 Å². The number of hydrogen-bond donors (Lipinski definition) is 0. The van der Waals surface area contributed by atoms with Gasteiger partial charge in [-0.05, 0) is 81.0 Å². The van der Waals surface area contributed by atoms with Crippen LogP contribution in [0.2, 0.25) is 0 Å². The van der Waals surface area contributed by atoms with E-state index in [0.29, 0.717) is 49.6 Å². The van der Waals surface area contributed by atoms with Crippen LogP contribution in [0, 0.1) is 11.3 Å². The zero-order valence-electron chi connectivity index (χ0n) is 23.8. The Labute approximate surface area is 241 Å². The number of fused-ring (bicyclic) bond motifs is 2. The van der Waals surface area contributed by atoms with Crippen molar-refractivity contribution in [3.8, 4) is 23.2 Å². The summed E-state index contributed by atoms with van der Waals surface area (Å²) in [6.07, 6.45) is 10.4. The number of amides is 1. The van der Waals surface area contributed by atoms with Crippen LogP contribution >= 0.6 is 0 Å². The molecule has 0 unspecified atom stereocenters. The first-order chi connectivity index (χ1) is 20.1. The summed E-state index contributed by atoms with van der Waals surface area (Å²) in [7, 11) is 2.13. The van der Waals surface area contributed by atoms with Crippen molar-refractivity contribution < 1.29 is 9.53 Å². The lowest BCUT2D eigenvalue weighted by Gasteiger charge is -2.40. The standard InChI is InChI=1S/C32H37N7O2/c1-3-29(40)39-17-16-38(20-24(39)13-14-33)31-30-28(35-32(36-31)41-21-25-10-7-15-37(25)2)18-23(19-34-30)27-12-6-9-22-8-4-5-11-26(22)27/h3,6,9,12,18-19,24-25H,1,4-5,7-8,10-11,13,15-17,20-21H2,2H3/t24-,25-/m0/s1. The van der Waals surface area contributed by atoms with Crippen LogP contribution in [0.1, 0.15) is 43.2 Å². The zero-order chi connectivity index (χ0) is 28.3. The van der Waals surface area contributed by atoms with Crippen molar-refractivity contribution in [3.05, 3.63) is 54.2 Å². The Hall–Kier alpha value is -4.03. The quantitative estimate of drug-likeness (QED) is 0.404. The highest BCUT2D eigenvalue weighted by Gasteiger charge is 2.32. The molecule has 3 aliphatic rings. The minimum absolute atomic E-state index is 0.156. The largest absolute Gasteiger partial charge is 0.462 e.